The highest BCUT2D eigenvalue weighted by atomic mass is 16.5. The number of methoxy groups -OCH3 is 1. The average Bonchev–Trinajstić information content (AvgIpc) is 2.53. The van der Waals surface area contributed by atoms with Crippen molar-refractivity contribution in [1.29, 1.82) is 5.26 Å². The summed E-state index contributed by atoms with van der Waals surface area (Å²) in [4.78, 5) is 14.4. The Hall–Kier alpha value is -2.06. The van der Waals surface area contributed by atoms with E-state index in [2.05, 4.69) is 22.4 Å². The molecule has 2 rings (SSSR count). The van der Waals surface area contributed by atoms with Crippen molar-refractivity contribution < 1.29 is 9.53 Å². The molecule has 1 heterocycles. The van der Waals surface area contributed by atoms with Crippen molar-refractivity contribution in [3.05, 3.63) is 29.3 Å². The Kier molecular flexibility index (Phi) is 5.27. The first-order valence-corrected chi connectivity index (χ1v) is 7.98. The third-order valence-electron chi connectivity index (χ3n) is 4.66. The van der Waals surface area contributed by atoms with E-state index in [1.807, 2.05) is 26.0 Å². The zero-order valence-electron chi connectivity index (χ0n) is 14.3. The number of nitrogens with zero attached hydrogens (tertiary/aromatic N) is 2. The summed E-state index contributed by atoms with van der Waals surface area (Å²) in [6.45, 7) is 7.52. The van der Waals surface area contributed by atoms with Crippen LogP contribution in [0.2, 0.25) is 0 Å². The van der Waals surface area contributed by atoms with E-state index in [1.165, 1.54) is 11.1 Å². The summed E-state index contributed by atoms with van der Waals surface area (Å²) in [5, 5.41) is 12.2. The number of rotatable bonds is 5. The van der Waals surface area contributed by atoms with Crippen molar-refractivity contribution in [1.82, 2.24) is 10.2 Å². The molecule has 0 aromatic heterocycles. The van der Waals surface area contributed by atoms with Crippen LogP contribution in [0.1, 0.15) is 31.9 Å². The Labute approximate surface area is 138 Å². The molecule has 1 atom stereocenters. The van der Waals surface area contributed by atoms with Gasteiger partial charge in [0, 0.05) is 13.1 Å². The lowest BCUT2D eigenvalue weighted by atomic mass is 9.90. The maximum Gasteiger partial charge on any atom is 0.235 e. The number of hydrogen-bond acceptors (Lipinski definition) is 4. The minimum Gasteiger partial charge on any atom is -0.497 e. The van der Waals surface area contributed by atoms with Crippen LogP contribution < -0.4 is 10.1 Å². The summed E-state index contributed by atoms with van der Waals surface area (Å²) >= 11 is 0. The molecule has 0 fully saturated rings. The molecule has 0 radical (unpaired) electrons. The normalized spacial score (nSPS) is 17.0. The van der Waals surface area contributed by atoms with Crippen molar-refractivity contribution in [2.24, 2.45) is 5.92 Å². The second-order valence-electron chi connectivity index (χ2n) is 6.61. The quantitative estimate of drug-likeness (QED) is 0.904. The maximum absolute atomic E-state index is 12.3. The molecule has 1 aromatic carbocycles. The number of nitriles is 1. The second kappa shape index (κ2) is 7.01. The van der Waals surface area contributed by atoms with Gasteiger partial charge < -0.3 is 10.1 Å². The Balaban J connectivity index is 1.99. The zero-order chi connectivity index (χ0) is 17.0. The number of carbonyl (C=O) groups is 1. The molecule has 0 aliphatic carbocycles. The number of nitrogens with one attached hydrogen (secondary N) is 1. The van der Waals surface area contributed by atoms with Crippen LogP contribution in [0.5, 0.6) is 5.75 Å². The van der Waals surface area contributed by atoms with Gasteiger partial charge in [0.25, 0.3) is 0 Å². The Morgan fingerprint density at radius 3 is 2.83 bits per heavy atom. The molecule has 0 saturated carbocycles. The molecule has 23 heavy (non-hydrogen) atoms. The van der Waals surface area contributed by atoms with Gasteiger partial charge in [-0.3, -0.25) is 9.69 Å². The lowest BCUT2D eigenvalue weighted by Crippen LogP contribution is -2.52. The fourth-order valence-electron chi connectivity index (χ4n) is 2.69. The number of fused-ring (bicyclic) bond motifs is 1. The molecule has 5 nitrogen and oxygen atoms in total. The van der Waals surface area contributed by atoms with Gasteiger partial charge >= 0.3 is 0 Å². The molecule has 0 spiro atoms. The van der Waals surface area contributed by atoms with Crippen LogP contribution in [0.4, 0.5) is 0 Å². The topological polar surface area (TPSA) is 65.4 Å². The molecule has 1 amide bonds. The number of carbonyl (C=O) groups excluding carboxylic acids is 1. The lowest BCUT2D eigenvalue weighted by molar-refractivity contribution is -0.124. The van der Waals surface area contributed by atoms with E-state index in [0.717, 1.165) is 25.3 Å². The van der Waals surface area contributed by atoms with Crippen LogP contribution in [0, 0.1) is 17.2 Å². The molecule has 1 aromatic rings. The molecule has 1 aliphatic heterocycles. The summed E-state index contributed by atoms with van der Waals surface area (Å²) in [5.74, 6) is 0.795. The van der Waals surface area contributed by atoms with Gasteiger partial charge in [0.1, 0.15) is 11.3 Å². The Morgan fingerprint density at radius 2 is 2.22 bits per heavy atom. The third-order valence-corrected chi connectivity index (χ3v) is 4.66. The van der Waals surface area contributed by atoms with E-state index in [-0.39, 0.29) is 11.8 Å². The van der Waals surface area contributed by atoms with Crippen molar-refractivity contribution >= 4 is 5.91 Å². The second-order valence-corrected chi connectivity index (χ2v) is 6.61. The van der Waals surface area contributed by atoms with Crippen LogP contribution in [0.25, 0.3) is 0 Å². The van der Waals surface area contributed by atoms with Gasteiger partial charge in [0.05, 0.1) is 19.7 Å². The van der Waals surface area contributed by atoms with Crippen molar-refractivity contribution in [2.75, 3.05) is 20.2 Å². The van der Waals surface area contributed by atoms with E-state index in [0.29, 0.717) is 6.54 Å². The fourth-order valence-corrected chi connectivity index (χ4v) is 2.69. The van der Waals surface area contributed by atoms with Gasteiger partial charge in [-0.2, -0.15) is 5.26 Å². The largest absolute Gasteiger partial charge is 0.497 e. The van der Waals surface area contributed by atoms with E-state index in [9.17, 15) is 10.1 Å². The maximum atomic E-state index is 12.3. The third kappa shape index (κ3) is 4.02. The number of hydrogen-bond donors (Lipinski definition) is 1. The number of amides is 1. The van der Waals surface area contributed by atoms with Crippen LogP contribution >= 0.6 is 0 Å². The van der Waals surface area contributed by atoms with Crippen LogP contribution in [0.3, 0.4) is 0 Å². The first-order chi connectivity index (χ1) is 10.9. The van der Waals surface area contributed by atoms with Crippen LogP contribution in [-0.4, -0.2) is 36.5 Å². The minimum absolute atomic E-state index is 0.0581. The Morgan fingerprint density at radius 1 is 1.48 bits per heavy atom. The van der Waals surface area contributed by atoms with Crippen molar-refractivity contribution in [2.45, 2.75) is 39.3 Å². The molecular formula is C18H25N3O2. The zero-order valence-corrected chi connectivity index (χ0v) is 14.3. The smallest absolute Gasteiger partial charge is 0.235 e. The number of benzene rings is 1. The highest BCUT2D eigenvalue weighted by Gasteiger charge is 2.30. The van der Waals surface area contributed by atoms with E-state index >= 15 is 0 Å². The average molecular weight is 315 g/mol. The minimum atomic E-state index is -0.825. The fraction of sp³-hybridized carbons (Fsp3) is 0.556. The number of ether oxygens (including phenoxy) is 1. The summed E-state index contributed by atoms with van der Waals surface area (Å²) in [7, 11) is 1.66. The first kappa shape index (κ1) is 17.3. The Bertz CT molecular complexity index is 621. The summed E-state index contributed by atoms with van der Waals surface area (Å²) in [6.07, 6.45) is 0.923. The van der Waals surface area contributed by atoms with Gasteiger partial charge in [0.15, 0.2) is 0 Å². The summed E-state index contributed by atoms with van der Waals surface area (Å²) in [6, 6.07) is 8.31. The highest BCUT2D eigenvalue weighted by molar-refractivity contribution is 5.79. The van der Waals surface area contributed by atoms with E-state index in [4.69, 9.17) is 4.74 Å². The summed E-state index contributed by atoms with van der Waals surface area (Å²) < 4.78 is 5.27. The van der Waals surface area contributed by atoms with Crippen molar-refractivity contribution in [3.8, 4) is 11.8 Å². The van der Waals surface area contributed by atoms with Gasteiger partial charge in [0.2, 0.25) is 5.91 Å². The van der Waals surface area contributed by atoms with Gasteiger partial charge in [-0.15, -0.1) is 0 Å². The highest BCUT2D eigenvalue weighted by Crippen LogP contribution is 2.23. The predicted molar refractivity (Wildman–Crippen MR) is 89.0 cm³/mol. The standard InChI is InChI=1S/C18H25N3O2/c1-13(2)18(3,12-19)20-17(22)11-21-8-7-14-5-6-16(23-4)9-15(14)10-21/h5-6,9,13H,7-8,10-11H2,1-4H3,(H,20,22)/t18-/m1/s1. The lowest BCUT2D eigenvalue weighted by Gasteiger charge is -2.31. The SMILES string of the molecule is COc1ccc2c(c1)CN(CC(=O)N[C@](C)(C#N)C(C)C)CC2. The van der Waals surface area contributed by atoms with Gasteiger partial charge in [-0.1, -0.05) is 19.9 Å². The van der Waals surface area contributed by atoms with Gasteiger partial charge in [-0.05, 0) is 42.5 Å². The van der Waals surface area contributed by atoms with Crippen LogP contribution in [-0.2, 0) is 17.8 Å². The summed E-state index contributed by atoms with van der Waals surface area (Å²) in [5.41, 5.74) is 1.69. The van der Waals surface area contributed by atoms with Crippen molar-refractivity contribution in [3.63, 3.8) is 0 Å². The van der Waals surface area contributed by atoms with E-state index < -0.39 is 5.54 Å². The molecule has 1 aliphatic rings. The predicted octanol–water partition coefficient (Wildman–Crippen LogP) is 2.11. The molecule has 0 bridgehead atoms. The van der Waals surface area contributed by atoms with Crippen LogP contribution in [0.15, 0.2) is 18.2 Å². The van der Waals surface area contributed by atoms with Gasteiger partial charge in [-0.25, -0.2) is 0 Å². The molecule has 124 valence electrons. The molecule has 1 N–H and O–H groups in total. The monoisotopic (exact) mass is 315 g/mol. The first-order valence-electron chi connectivity index (χ1n) is 7.98. The van der Waals surface area contributed by atoms with E-state index in [1.54, 1.807) is 14.0 Å². The molecule has 0 unspecified atom stereocenters. The molecular weight excluding hydrogens is 290 g/mol. The molecule has 5 heteroatoms. The molecule has 0 saturated heterocycles.